The summed E-state index contributed by atoms with van der Waals surface area (Å²) in [7, 11) is 3.46. The van der Waals surface area contributed by atoms with Gasteiger partial charge in [-0.3, -0.25) is 20.2 Å². The Morgan fingerprint density at radius 2 is 1.91 bits per heavy atom. The maximum Gasteiger partial charge on any atom is 0.236 e. The van der Waals surface area contributed by atoms with Crippen molar-refractivity contribution in [3.8, 4) is 11.5 Å². The summed E-state index contributed by atoms with van der Waals surface area (Å²) in [5, 5.41) is 20.0. The first-order valence-electron chi connectivity index (χ1n) is 11.7. The number of carbonyl (C=O) groups is 1. The van der Waals surface area contributed by atoms with Crippen LogP contribution in [0.25, 0.3) is 22.6 Å². The van der Waals surface area contributed by atoms with Crippen molar-refractivity contribution in [3.63, 3.8) is 0 Å². The highest BCUT2D eigenvalue weighted by Gasteiger charge is 2.43. The molecule has 0 spiro atoms. The third-order valence-corrected chi connectivity index (χ3v) is 6.49. The number of aromatic nitrogens is 4. The molecule has 1 amide bonds. The Hall–Kier alpha value is -3.53. The van der Waals surface area contributed by atoms with Crippen LogP contribution >= 0.6 is 0 Å². The molecule has 1 aliphatic rings. The van der Waals surface area contributed by atoms with Crippen LogP contribution in [0.3, 0.4) is 0 Å². The fourth-order valence-electron chi connectivity index (χ4n) is 4.74. The lowest BCUT2D eigenvalue weighted by Gasteiger charge is -2.19. The smallest absolute Gasteiger partial charge is 0.236 e. The molecule has 3 aromatic rings. The second-order valence-corrected chi connectivity index (χ2v) is 10.0. The van der Waals surface area contributed by atoms with E-state index < -0.39 is 5.41 Å². The van der Waals surface area contributed by atoms with Crippen LogP contribution in [0.5, 0.6) is 0 Å². The van der Waals surface area contributed by atoms with Crippen molar-refractivity contribution in [1.82, 2.24) is 19.1 Å². The van der Waals surface area contributed by atoms with E-state index in [2.05, 4.69) is 9.88 Å². The molecule has 10 heteroatoms. The predicted molar refractivity (Wildman–Crippen MR) is 137 cm³/mol. The number of anilines is 2. The number of nitrogens with zero attached hydrogens (tertiary/aromatic N) is 5. The normalized spacial score (nSPS) is 15.7. The quantitative estimate of drug-likeness (QED) is 0.369. The summed E-state index contributed by atoms with van der Waals surface area (Å²) in [6.07, 6.45) is 1.68. The number of carbonyl (C=O) groups excluding carboxylic acids is 1. The van der Waals surface area contributed by atoms with Crippen molar-refractivity contribution in [2.45, 2.75) is 59.0 Å². The van der Waals surface area contributed by atoms with Crippen molar-refractivity contribution in [2.75, 3.05) is 31.0 Å². The van der Waals surface area contributed by atoms with E-state index in [-0.39, 0.29) is 29.3 Å². The first-order valence-corrected chi connectivity index (χ1v) is 11.7. The number of hydrogen-bond donors (Lipinski definition) is 3. The van der Waals surface area contributed by atoms with Gasteiger partial charge < -0.3 is 19.5 Å². The van der Waals surface area contributed by atoms with E-state index in [1.165, 1.54) is 4.57 Å². The standard InChI is InChI=1S/C25H34N8O2/c1-13(2)28-22-21(27)32(15(4)26)11-18(29-22)23-30-17-9-16-19(31(7)24(34)25(16,5)6)10-20(17)33(23)14(3)12-35-8/h9-11,13-14,26-27H,12H2,1-8H3,(H,28,29)/t14-/m0/s1. The van der Waals surface area contributed by atoms with Gasteiger partial charge in [-0.05, 0) is 59.2 Å². The third kappa shape index (κ3) is 3.91. The number of fused-ring (bicyclic) bond motifs is 2. The molecule has 0 fully saturated rings. The molecule has 0 unspecified atom stereocenters. The Balaban J connectivity index is 2.04. The molecule has 1 atom stereocenters. The third-order valence-electron chi connectivity index (χ3n) is 6.49. The van der Waals surface area contributed by atoms with Crippen LogP contribution in [-0.2, 0) is 14.9 Å². The lowest BCUT2D eigenvalue weighted by Crippen LogP contribution is -2.33. The number of likely N-dealkylation sites (N-methyl/N-ethyl adjacent to an activating group) is 1. The molecule has 2 aromatic heterocycles. The van der Waals surface area contributed by atoms with Crippen LogP contribution in [0, 0.1) is 10.8 Å². The largest absolute Gasteiger partial charge is 0.383 e. The highest BCUT2D eigenvalue weighted by atomic mass is 16.5. The number of benzene rings is 1. The number of rotatable bonds is 6. The van der Waals surface area contributed by atoms with E-state index in [1.807, 2.05) is 46.8 Å². The highest BCUT2D eigenvalue weighted by Crippen LogP contribution is 2.43. The van der Waals surface area contributed by atoms with Gasteiger partial charge in [-0.15, -0.1) is 0 Å². The van der Waals surface area contributed by atoms with Gasteiger partial charge >= 0.3 is 0 Å². The first kappa shape index (κ1) is 24.6. The molecule has 0 saturated carbocycles. The fraction of sp³-hybridized carbons (Fsp3) is 0.480. The molecule has 0 bridgehead atoms. The molecule has 4 rings (SSSR count). The molecule has 3 heterocycles. The predicted octanol–water partition coefficient (Wildman–Crippen LogP) is 3.51. The minimum Gasteiger partial charge on any atom is -0.383 e. The van der Waals surface area contributed by atoms with Gasteiger partial charge in [0.2, 0.25) is 5.91 Å². The molecule has 0 radical (unpaired) electrons. The Kier molecular flexibility index (Phi) is 6.04. The van der Waals surface area contributed by atoms with E-state index in [9.17, 15) is 4.79 Å². The van der Waals surface area contributed by atoms with Crippen LogP contribution in [-0.4, -0.2) is 57.7 Å². The summed E-state index contributed by atoms with van der Waals surface area (Å²) >= 11 is 0. The first-order chi connectivity index (χ1) is 16.4. The van der Waals surface area contributed by atoms with Gasteiger partial charge in [-0.1, -0.05) is 0 Å². The van der Waals surface area contributed by atoms with Crippen LogP contribution in [0.15, 0.2) is 18.3 Å². The Morgan fingerprint density at radius 3 is 2.51 bits per heavy atom. The van der Waals surface area contributed by atoms with Crippen LogP contribution < -0.4 is 15.7 Å². The van der Waals surface area contributed by atoms with Crippen molar-refractivity contribution >= 4 is 34.3 Å². The average Bonchev–Trinajstić information content (AvgIpc) is 3.23. The van der Waals surface area contributed by atoms with Crippen molar-refractivity contribution in [3.05, 3.63) is 29.4 Å². The zero-order valence-electron chi connectivity index (χ0n) is 21.6. The van der Waals surface area contributed by atoms with Gasteiger partial charge in [0.05, 0.1) is 29.1 Å². The molecule has 0 aliphatic carbocycles. The van der Waals surface area contributed by atoms with Crippen LogP contribution in [0.1, 0.15) is 53.1 Å². The van der Waals surface area contributed by atoms with E-state index in [4.69, 9.17) is 25.5 Å². The van der Waals surface area contributed by atoms with Crippen LogP contribution in [0.4, 0.5) is 11.5 Å². The Bertz CT molecular complexity index is 1400. The molecule has 10 nitrogen and oxygen atoms in total. The zero-order chi connectivity index (χ0) is 25.8. The van der Waals surface area contributed by atoms with Crippen LogP contribution in [0.2, 0.25) is 0 Å². The number of amides is 1. The number of methoxy groups -OCH3 is 1. The minimum atomic E-state index is -0.639. The molecule has 35 heavy (non-hydrogen) atoms. The second kappa shape index (κ2) is 8.60. The van der Waals surface area contributed by atoms with E-state index in [1.54, 1.807) is 32.2 Å². The monoisotopic (exact) mass is 478 g/mol. The topological polar surface area (TPSA) is 125 Å². The Morgan fingerprint density at radius 1 is 1.23 bits per heavy atom. The SMILES string of the molecule is COC[C@H](C)n1c(-c2cn(C(C)=N)c(=N)c(NC(C)C)n2)nc2cc3c(cc21)N(C)C(=O)C3(C)C. The summed E-state index contributed by atoms with van der Waals surface area (Å²) < 4.78 is 9.03. The lowest BCUT2D eigenvalue weighted by atomic mass is 9.86. The number of nitrogens with one attached hydrogen (secondary N) is 3. The van der Waals surface area contributed by atoms with E-state index in [0.717, 1.165) is 22.3 Å². The molecule has 186 valence electrons. The summed E-state index contributed by atoms with van der Waals surface area (Å²) in [4.78, 5) is 24.3. The molecular formula is C25H34N8O2. The maximum atomic E-state index is 12.9. The molecule has 1 aliphatic heterocycles. The van der Waals surface area contributed by atoms with Gasteiger partial charge in [-0.25, -0.2) is 9.97 Å². The van der Waals surface area contributed by atoms with Crippen molar-refractivity contribution < 1.29 is 9.53 Å². The maximum absolute atomic E-state index is 12.9. The number of ether oxygens (including phenoxy) is 1. The second-order valence-electron chi connectivity index (χ2n) is 10.0. The zero-order valence-corrected chi connectivity index (χ0v) is 21.6. The summed E-state index contributed by atoms with van der Waals surface area (Å²) in [6.45, 7) is 12.0. The summed E-state index contributed by atoms with van der Waals surface area (Å²) in [6, 6.07) is 3.99. The summed E-state index contributed by atoms with van der Waals surface area (Å²) in [5.74, 6) is 1.26. The molecule has 3 N–H and O–H groups in total. The average molecular weight is 479 g/mol. The van der Waals surface area contributed by atoms with Gasteiger partial charge in [0.1, 0.15) is 11.5 Å². The van der Waals surface area contributed by atoms with Crippen molar-refractivity contribution in [2.24, 2.45) is 0 Å². The molecule has 1 aromatic carbocycles. The van der Waals surface area contributed by atoms with Gasteiger partial charge in [0.25, 0.3) is 0 Å². The van der Waals surface area contributed by atoms with E-state index in [0.29, 0.717) is 23.9 Å². The fourth-order valence-corrected chi connectivity index (χ4v) is 4.74. The summed E-state index contributed by atoms with van der Waals surface area (Å²) in [5.41, 5.74) is 3.45. The Labute approximate surface area is 205 Å². The van der Waals surface area contributed by atoms with E-state index >= 15 is 0 Å². The highest BCUT2D eigenvalue weighted by molar-refractivity contribution is 6.09. The van der Waals surface area contributed by atoms with Gasteiger partial charge in [0.15, 0.2) is 17.1 Å². The number of hydrogen-bond acceptors (Lipinski definition) is 7. The number of imidazole rings is 1. The van der Waals surface area contributed by atoms with Crippen molar-refractivity contribution in [1.29, 1.82) is 10.8 Å². The van der Waals surface area contributed by atoms with Gasteiger partial charge in [-0.2, -0.15) is 0 Å². The lowest BCUT2D eigenvalue weighted by molar-refractivity contribution is -0.121. The van der Waals surface area contributed by atoms with Gasteiger partial charge in [0, 0.05) is 32.1 Å². The molecule has 0 saturated heterocycles. The minimum absolute atomic E-state index is 0.0523. The molecular weight excluding hydrogens is 444 g/mol.